The molecule has 1 aromatic heterocycles. The van der Waals surface area contributed by atoms with Crippen molar-refractivity contribution in [3.8, 4) is 0 Å². The molecule has 2 N–H and O–H groups in total. The van der Waals surface area contributed by atoms with Gasteiger partial charge in [-0.1, -0.05) is 35.5 Å². The van der Waals surface area contributed by atoms with E-state index in [1.54, 1.807) is 6.26 Å². The Morgan fingerprint density at radius 3 is 2.41 bits per heavy atom. The van der Waals surface area contributed by atoms with Crippen molar-refractivity contribution >= 4 is 35.2 Å². The number of carbonyl (C=O) groups is 2. The summed E-state index contributed by atoms with van der Waals surface area (Å²) in [4.78, 5) is 31.5. The van der Waals surface area contributed by atoms with Crippen LogP contribution in [0, 0.1) is 5.82 Å². The Morgan fingerprint density at radius 1 is 1.18 bits per heavy atom. The van der Waals surface area contributed by atoms with Crippen molar-refractivity contribution in [3.63, 3.8) is 0 Å². The third kappa shape index (κ3) is 3.71. The van der Waals surface area contributed by atoms with Gasteiger partial charge in [-0.15, -0.1) is 0 Å². The Labute approximate surface area is 134 Å². The van der Waals surface area contributed by atoms with Gasteiger partial charge in [-0.2, -0.15) is 0 Å². The third-order valence-corrected chi connectivity index (χ3v) is 3.41. The van der Waals surface area contributed by atoms with Crippen molar-refractivity contribution in [2.24, 2.45) is 0 Å². The molecule has 0 aliphatic carbocycles. The summed E-state index contributed by atoms with van der Waals surface area (Å²) in [6, 6.07) is 5.39. The van der Waals surface area contributed by atoms with E-state index in [1.165, 1.54) is 36.2 Å². The first-order chi connectivity index (χ1) is 10.5. The second-order valence-electron chi connectivity index (χ2n) is 3.95. The van der Waals surface area contributed by atoms with E-state index in [-0.39, 0.29) is 16.3 Å². The minimum absolute atomic E-state index is 0.00620. The van der Waals surface area contributed by atoms with E-state index >= 15 is 0 Å². The van der Waals surface area contributed by atoms with Gasteiger partial charge >= 0.3 is 0 Å². The van der Waals surface area contributed by atoms with Gasteiger partial charge < -0.3 is 0 Å². The van der Waals surface area contributed by atoms with E-state index in [4.69, 9.17) is 11.6 Å². The molecule has 0 spiro atoms. The van der Waals surface area contributed by atoms with Crippen LogP contribution in [0.15, 0.2) is 35.6 Å². The highest BCUT2D eigenvalue weighted by molar-refractivity contribution is 7.98. The molecule has 22 heavy (non-hydrogen) atoms. The van der Waals surface area contributed by atoms with E-state index < -0.39 is 17.6 Å². The molecule has 2 rings (SSSR count). The number of hydrogen-bond donors (Lipinski definition) is 2. The summed E-state index contributed by atoms with van der Waals surface area (Å²) >= 11 is 7.13. The third-order valence-electron chi connectivity index (χ3n) is 2.56. The van der Waals surface area contributed by atoms with Gasteiger partial charge in [0.25, 0.3) is 11.8 Å². The zero-order valence-electron chi connectivity index (χ0n) is 11.3. The predicted molar refractivity (Wildman–Crippen MR) is 80.2 cm³/mol. The Hall–Kier alpha value is -2.19. The molecule has 2 amide bonds. The maximum absolute atomic E-state index is 13.4. The molecule has 1 heterocycles. The Kier molecular flexibility index (Phi) is 5.29. The van der Waals surface area contributed by atoms with E-state index in [0.29, 0.717) is 5.16 Å². The summed E-state index contributed by atoms with van der Waals surface area (Å²) in [5.74, 6) is -2.19. The predicted octanol–water partition coefficient (Wildman–Crippen LogP) is 2.07. The van der Waals surface area contributed by atoms with E-state index in [1.807, 2.05) is 0 Å². The van der Waals surface area contributed by atoms with Gasteiger partial charge in [0.2, 0.25) is 0 Å². The topological polar surface area (TPSA) is 84.0 Å². The highest BCUT2D eigenvalue weighted by atomic mass is 35.5. The van der Waals surface area contributed by atoms with Crippen LogP contribution in [0.2, 0.25) is 5.15 Å². The molecule has 0 saturated carbocycles. The number of benzene rings is 1. The molecule has 0 saturated heterocycles. The Balaban J connectivity index is 2.04. The minimum Gasteiger partial charge on any atom is -0.267 e. The number of amides is 2. The number of thioether (sulfide) groups is 1. The summed E-state index contributed by atoms with van der Waals surface area (Å²) in [6.07, 6.45) is 3.01. The van der Waals surface area contributed by atoms with Crippen molar-refractivity contribution in [3.05, 3.63) is 52.6 Å². The van der Waals surface area contributed by atoms with Crippen LogP contribution in [0.25, 0.3) is 0 Å². The fourth-order valence-corrected chi connectivity index (χ4v) is 2.10. The largest absolute Gasteiger partial charge is 0.274 e. The van der Waals surface area contributed by atoms with Crippen LogP contribution in [0.1, 0.15) is 20.7 Å². The number of hydrogen-bond acceptors (Lipinski definition) is 5. The highest BCUT2D eigenvalue weighted by Crippen LogP contribution is 2.16. The van der Waals surface area contributed by atoms with E-state index in [2.05, 4.69) is 20.8 Å². The smallest absolute Gasteiger partial charge is 0.267 e. The second-order valence-corrected chi connectivity index (χ2v) is 5.08. The molecule has 1 aromatic carbocycles. The summed E-state index contributed by atoms with van der Waals surface area (Å²) < 4.78 is 13.4. The Bertz CT molecular complexity index is 729. The monoisotopic (exact) mass is 340 g/mol. The molecule has 0 unspecified atom stereocenters. The highest BCUT2D eigenvalue weighted by Gasteiger charge is 2.15. The van der Waals surface area contributed by atoms with Crippen LogP contribution in [0.5, 0.6) is 0 Å². The van der Waals surface area contributed by atoms with Crippen LogP contribution in [-0.2, 0) is 0 Å². The minimum atomic E-state index is -0.788. The van der Waals surface area contributed by atoms with E-state index in [9.17, 15) is 14.0 Å². The molecular weight excluding hydrogens is 331 g/mol. The molecule has 0 aliphatic heterocycles. The van der Waals surface area contributed by atoms with Crippen molar-refractivity contribution in [1.82, 2.24) is 20.8 Å². The first kappa shape index (κ1) is 16.2. The molecule has 0 aliphatic rings. The van der Waals surface area contributed by atoms with Gasteiger partial charge in [0.1, 0.15) is 11.0 Å². The number of aromatic nitrogens is 2. The van der Waals surface area contributed by atoms with Crippen molar-refractivity contribution < 1.29 is 14.0 Å². The molecule has 0 bridgehead atoms. The molecule has 114 valence electrons. The lowest BCUT2D eigenvalue weighted by atomic mass is 10.2. The number of nitrogens with zero attached hydrogens (tertiary/aromatic N) is 2. The second kappa shape index (κ2) is 7.19. The lowest BCUT2D eigenvalue weighted by Crippen LogP contribution is -2.42. The average molecular weight is 341 g/mol. The number of rotatable bonds is 3. The van der Waals surface area contributed by atoms with Gasteiger partial charge in [-0.05, 0) is 18.4 Å². The summed E-state index contributed by atoms with van der Waals surface area (Å²) in [6.45, 7) is 0. The number of carbonyl (C=O) groups excluding carboxylic acids is 2. The van der Waals surface area contributed by atoms with Crippen LogP contribution < -0.4 is 10.9 Å². The van der Waals surface area contributed by atoms with Gasteiger partial charge in [0.05, 0.1) is 11.1 Å². The number of nitrogens with one attached hydrogen (secondary N) is 2. The normalized spacial score (nSPS) is 10.1. The lowest BCUT2D eigenvalue weighted by molar-refractivity contribution is 0.0844. The summed E-state index contributed by atoms with van der Waals surface area (Å²) in [5.41, 5.74) is 4.02. The summed E-state index contributed by atoms with van der Waals surface area (Å²) in [7, 11) is 0. The zero-order chi connectivity index (χ0) is 16.1. The maximum atomic E-state index is 13.4. The first-order valence-electron chi connectivity index (χ1n) is 5.94. The van der Waals surface area contributed by atoms with Gasteiger partial charge in [-0.3, -0.25) is 20.4 Å². The van der Waals surface area contributed by atoms with Gasteiger partial charge in [0, 0.05) is 6.20 Å². The van der Waals surface area contributed by atoms with Crippen molar-refractivity contribution in [2.75, 3.05) is 6.26 Å². The molecule has 0 atom stereocenters. The standard InChI is InChI=1S/C13H10ClFN4O2S/c1-22-13-16-6-8(10(14)17-13)12(21)19-18-11(20)7-4-2-3-5-9(7)15/h2-6H,1H3,(H,18,20)(H,19,21). The molecule has 0 radical (unpaired) electrons. The van der Waals surface area contributed by atoms with Gasteiger partial charge in [0.15, 0.2) is 5.16 Å². The first-order valence-corrected chi connectivity index (χ1v) is 7.55. The number of hydrazine groups is 1. The van der Waals surface area contributed by atoms with Crippen molar-refractivity contribution in [2.45, 2.75) is 5.16 Å². The molecular formula is C13H10ClFN4O2S. The zero-order valence-corrected chi connectivity index (χ0v) is 12.8. The maximum Gasteiger partial charge on any atom is 0.274 e. The summed E-state index contributed by atoms with van der Waals surface area (Å²) in [5, 5.41) is 0.369. The fraction of sp³-hybridized carbons (Fsp3) is 0.0769. The molecule has 9 heteroatoms. The van der Waals surface area contributed by atoms with Crippen LogP contribution in [0.4, 0.5) is 4.39 Å². The van der Waals surface area contributed by atoms with Crippen LogP contribution in [0.3, 0.4) is 0 Å². The van der Waals surface area contributed by atoms with Gasteiger partial charge in [-0.25, -0.2) is 14.4 Å². The number of halogens is 2. The lowest BCUT2D eigenvalue weighted by Gasteiger charge is -2.08. The molecule has 6 nitrogen and oxygen atoms in total. The molecule has 2 aromatic rings. The fourth-order valence-electron chi connectivity index (χ4n) is 1.49. The quantitative estimate of drug-likeness (QED) is 0.387. The van der Waals surface area contributed by atoms with E-state index in [0.717, 1.165) is 6.07 Å². The Morgan fingerprint density at radius 2 is 1.82 bits per heavy atom. The van der Waals surface area contributed by atoms with Crippen molar-refractivity contribution in [1.29, 1.82) is 0 Å². The van der Waals surface area contributed by atoms with Crippen LogP contribution in [-0.4, -0.2) is 28.0 Å². The van der Waals surface area contributed by atoms with Crippen LogP contribution >= 0.6 is 23.4 Å². The average Bonchev–Trinajstić information content (AvgIpc) is 2.52. The SMILES string of the molecule is CSc1ncc(C(=O)NNC(=O)c2ccccc2F)c(Cl)n1. The molecule has 0 fully saturated rings.